The minimum absolute atomic E-state index is 0.647. The zero-order valence-corrected chi connectivity index (χ0v) is 16.8. The number of aromatic nitrogens is 3. The number of hydrogen-bond acceptors (Lipinski definition) is 6. The number of piperazine rings is 1. The Morgan fingerprint density at radius 3 is 2.50 bits per heavy atom. The van der Waals surface area contributed by atoms with Crippen LogP contribution in [-0.4, -0.2) is 41.4 Å². The summed E-state index contributed by atoms with van der Waals surface area (Å²) in [5, 5.41) is 12.4. The zero-order chi connectivity index (χ0) is 19.5. The highest BCUT2D eigenvalue weighted by Crippen LogP contribution is 2.26. The maximum absolute atomic E-state index is 6.21. The van der Waals surface area contributed by atoms with Crippen LogP contribution in [0.25, 0.3) is 0 Å². The van der Waals surface area contributed by atoms with Gasteiger partial charge in [-0.3, -0.25) is 0 Å². The Hall–Kier alpha value is -2.86. The van der Waals surface area contributed by atoms with Gasteiger partial charge in [0.1, 0.15) is 0 Å². The van der Waals surface area contributed by atoms with Gasteiger partial charge in [0.05, 0.1) is 6.20 Å². The first-order valence-electron chi connectivity index (χ1n) is 9.38. The van der Waals surface area contributed by atoms with Crippen LogP contribution in [0.2, 0.25) is 5.02 Å². The molecule has 0 atom stereocenters. The third-order valence-electron chi connectivity index (χ3n) is 5.01. The number of rotatable bonds is 4. The molecule has 0 spiro atoms. The first-order valence-corrected chi connectivity index (χ1v) is 9.76. The maximum Gasteiger partial charge on any atom is 0.247 e. The van der Waals surface area contributed by atoms with Gasteiger partial charge in [-0.15, -0.1) is 5.10 Å². The van der Waals surface area contributed by atoms with Gasteiger partial charge in [0, 0.05) is 42.6 Å². The molecule has 144 valence electrons. The fourth-order valence-electron chi connectivity index (χ4n) is 3.36. The van der Waals surface area contributed by atoms with Crippen LogP contribution in [0, 0.1) is 13.8 Å². The minimum Gasteiger partial charge on any atom is -0.368 e. The number of halogens is 1. The molecule has 1 aliphatic rings. The van der Waals surface area contributed by atoms with Gasteiger partial charge in [-0.1, -0.05) is 29.8 Å². The molecule has 1 saturated heterocycles. The molecule has 1 fully saturated rings. The fraction of sp³-hybridized carbons (Fsp3) is 0.286. The van der Waals surface area contributed by atoms with E-state index in [4.69, 9.17) is 11.6 Å². The lowest BCUT2D eigenvalue weighted by molar-refractivity contribution is 0.635. The summed E-state index contributed by atoms with van der Waals surface area (Å²) in [4.78, 5) is 9.23. The number of hydrogen-bond donors (Lipinski definition) is 1. The van der Waals surface area contributed by atoms with Crippen LogP contribution < -0.4 is 15.1 Å². The lowest BCUT2D eigenvalue weighted by atomic mass is 10.2. The highest BCUT2D eigenvalue weighted by Gasteiger charge is 2.20. The van der Waals surface area contributed by atoms with Crippen molar-refractivity contribution in [3.8, 4) is 0 Å². The van der Waals surface area contributed by atoms with Crippen LogP contribution in [0.3, 0.4) is 0 Å². The topological polar surface area (TPSA) is 57.2 Å². The Morgan fingerprint density at radius 1 is 0.964 bits per heavy atom. The van der Waals surface area contributed by atoms with E-state index in [0.29, 0.717) is 11.8 Å². The van der Waals surface area contributed by atoms with E-state index in [-0.39, 0.29) is 0 Å². The molecule has 2 aromatic carbocycles. The largest absolute Gasteiger partial charge is 0.368 e. The molecule has 0 unspecified atom stereocenters. The molecular formula is C21H23ClN6. The van der Waals surface area contributed by atoms with Gasteiger partial charge in [0.2, 0.25) is 5.95 Å². The summed E-state index contributed by atoms with van der Waals surface area (Å²) >= 11 is 6.21. The molecular weight excluding hydrogens is 372 g/mol. The second kappa shape index (κ2) is 8.02. The SMILES string of the molecule is Cc1cccc(N2CCN(c3nncc(Nc4cccc(Cl)c4C)n3)CC2)c1. The van der Waals surface area contributed by atoms with E-state index in [9.17, 15) is 0 Å². The summed E-state index contributed by atoms with van der Waals surface area (Å²) in [5.74, 6) is 1.31. The maximum atomic E-state index is 6.21. The second-order valence-corrected chi connectivity index (χ2v) is 7.40. The molecule has 3 aromatic rings. The quantitative estimate of drug-likeness (QED) is 0.715. The highest BCUT2D eigenvalue weighted by molar-refractivity contribution is 6.31. The average molecular weight is 395 g/mol. The van der Waals surface area contributed by atoms with Crippen molar-refractivity contribution >= 4 is 34.7 Å². The van der Waals surface area contributed by atoms with E-state index in [1.807, 2.05) is 25.1 Å². The molecule has 0 amide bonds. The van der Waals surface area contributed by atoms with Gasteiger partial charge >= 0.3 is 0 Å². The third-order valence-corrected chi connectivity index (χ3v) is 5.42. The summed E-state index contributed by atoms with van der Waals surface area (Å²) in [6.07, 6.45) is 1.63. The summed E-state index contributed by atoms with van der Waals surface area (Å²) in [6, 6.07) is 14.4. The fourth-order valence-corrected chi connectivity index (χ4v) is 3.53. The summed E-state index contributed by atoms with van der Waals surface area (Å²) in [7, 11) is 0. The monoisotopic (exact) mass is 394 g/mol. The molecule has 2 heterocycles. The van der Waals surface area contributed by atoms with Gasteiger partial charge in [0.15, 0.2) is 5.82 Å². The van der Waals surface area contributed by atoms with Crippen LogP contribution in [0.5, 0.6) is 0 Å². The summed E-state index contributed by atoms with van der Waals surface area (Å²) in [5.41, 5.74) is 4.45. The van der Waals surface area contributed by atoms with Crippen LogP contribution in [0.15, 0.2) is 48.7 Å². The van der Waals surface area contributed by atoms with Gasteiger partial charge in [-0.05, 0) is 49.2 Å². The third kappa shape index (κ3) is 4.02. The number of nitrogens with one attached hydrogen (secondary N) is 1. The van der Waals surface area contributed by atoms with Gasteiger partial charge < -0.3 is 15.1 Å². The lowest BCUT2D eigenvalue weighted by Crippen LogP contribution is -2.47. The number of aryl methyl sites for hydroxylation is 1. The second-order valence-electron chi connectivity index (χ2n) is 6.99. The van der Waals surface area contributed by atoms with Gasteiger partial charge in [0.25, 0.3) is 0 Å². The van der Waals surface area contributed by atoms with Crippen molar-refractivity contribution in [2.45, 2.75) is 13.8 Å². The van der Waals surface area contributed by atoms with Crippen LogP contribution in [-0.2, 0) is 0 Å². The van der Waals surface area contributed by atoms with E-state index in [2.05, 4.69) is 61.5 Å². The molecule has 1 N–H and O–H groups in total. The standard InChI is InChI=1S/C21H23ClN6/c1-15-5-3-6-17(13-15)27-9-11-28(12-10-27)21-25-20(14-23-26-21)24-19-8-4-7-18(22)16(19)2/h3-8,13-14H,9-12H2,1-2H3,(H,24,25,26). The highest BCUT2D eigenvalue weighted by atomic mass is 35.5. The molecule has 1 aromatic heterocycles. The number of nitrogens with zero attached hydrogens (tertiary/aromatic N) is 5. The van der Waals surface area contributed by atoms with Gasteiger partial charge in [-0.2, -0.15) is 10.1 Å². The van der Waals surface area contributed by atoms with Crippen LogP contribution in [0.4, 0.5) is 23.1 Å². The number of anilines is 4. The molecule has 0 bridgehead atoms. The molecule has 0 aliphatic carbocycles. The lowest BCUT2D eigenvalue weighted by Gasteiger charge is -2.36. The van der Waals surface area contributed by atoms with E-state index in [1.165, 1.54) is 11.3 Å². The Bertz CT molecular complexity index is 969. The Kier molecular flexibility index (Phi) is 5.30. The van der Waals surface area contributed by atoms with Crippen molar-refractivity contribution in [2.75, 3.05) is 41.3 Å². The van der Waals surface area contributed by atoms with Crippen molar-refractivity contribution < 1.29 is 0 Å². The number of benzene rings is 2. The Balaban J connectivity index is 1.44. The smallest absolute Gasteiger partial charge is 0.247 e. The minimum atomic E-state index is 0.647. The predicted molar refractivity (Wildman–Crippen MR) is 115 cm³/mol. The molecule has 7 heteroatoms. The molecule has 4 rings (SSSR count). The first kappa shape index (κ1) is 18.5. The van der Waals surface area contributed by atoms with Crippen LogP contribution in [0.1, 0.15) is 11.1 Å². The normalized spacial score (nSPS) is 14.2. The van der Waals surface area contributed by atoms with E-state index in [0.717, 1.165) is 42.5 Å². The van der Waals surface area contributed by atoms with E-state index >= 15 is 0 Å². The Morgan fingerprint density at radius 2 is 1.71 bits per heavy atom. The molecule has 28 heavy (non-hydrogen) atoms. The molecule has 6 nitrogen and oxygen atoms in total. The van der Waals surface area contributed by atoms with E-state index < -0.39 is 0 Å². The van der Waals surface area contributed by atoms with Crippen molar-refractivity contribution in [3.63, 3.8) is 0 Å². The zero-order valence-electron chi connectivity index (χ0n) is 16.1. The first-order chi connectivity index (χ1) is 13.6. The van der Waals surface area contributed by atoms with Crippen molar-refractivity contribution in [2.24, 2.45) is 0 Å². The predicted octanol–water partition coefficient (Wildman–Crippen LogP) is 4.21. The average Bonchev–Trinajstić information content (AvgIpc) is 2.72. The summed E-state index contributed by atoms with van der Waals surface area (Å²) in [6.45, 7) is 7.67. The van der Waals surface area contributed by atoms with E-state index in [1.54, 1.807) is 6.20 Å². The molecule has 0 saturated carbocycles. The van der Waals surface area contributed by atoms with Crippen molar-refractivity contribution in [1.29, 1.82) is 0 Å². The Labute approximate surface area is 170 Å². The molecule has 0 radical (unpaired) electrons. The van der Waals surface area contributed by atoms with Crippen molar-refractivity contribution in [3.05, 3.63) is 64.8 Å². The molecule has 1 aliphatic heterocycles. The van der Waals surface area contributed by atoms with Gasteiger partial charge in [-0.25, -0.2) is 0 Å². The summed E-state index contributed by atoms with van der Waals surface area (Å²) < 4.78 is 0. The van der Waals surface area contributed by atoms with Crippen molar-refractivity contribution in [1.82, 2.24) is 15.2 Å². The van der Waals surface area contributed by atoms with Crippen LogP contribution >= 0.6 is 11.6 Å².